The molecule has 4 heterocycles. The van der Waals surface area contributed by atoms with E-state index in [1.807, 2.05) is 51.7 Å². The predicted molar refractivity (Wildman–Crippen MR) is 115 cm³/mol. The molecule has 0 aromatic carbocycles. The summed E-state index contributed by atoms with van der Waals surface area (Å²) < 4.78 is 6.89. The van der Waals surface area contributed by atoms with Crippen LogP contribution in [0.5, 0.6) is 0 Å². The normalized spacial score (nSPS) is 14.9. The molecule has 0 aliphatic carbocycles. The van der Waals surface area contributed by atoms with Gasteiger partial charge in [-0.3, -0.25) is 9.69 Å². The average molecular weight is 424 g/mol. The molecule has 3 aromatic rings. The minimum atomic E-state index is 0.129. The minimum absolute atomic E-state index is 0.129. The first-order valence-electron chi connectivity index (χ1n) is 10.6. The second-order valence-electron chi connectivity index (χ2n) is 8.27. The van der Waals surface area contributed by atoms with Gasteiger partial charge in [0.1, 0.15) is 5.76 Å². The van der Waals surface area contributed by atoms with E-state index in [-0.39, 0.29) is 5.91 Å². The van der Waals surface area contributed by atoms with Crippen LogP contribution in [-0.4, -0.2) is 66.8 Å². The monoisotopic (exact) mass is 423 g/mol. The maximum absolute atomic E-state index is 13.0. The van der Waals surface area contributed by atoms with Crippen LogP contribution < -0.4 is 0 Å². The van der Waals surface area contributed by atoms with Gasteiger partial charge in [0.2, 0.25) is 5.91 Å². The Balaban J connectivity index is 1.40. The van der Waals surface area contributed by atoms with Crippen molar-refractivity contribution >= 4 is 5.91 Å². The van der Waals surface area contributed by atoms with Gasteiger partial charge in [0.05, 0.1) is 17.8 Å². The summed E-state index contributed by atoms with van der Waals surface area (Å²) in [4.78, 5) is 26.3. The summed E-state index contributed by atoms with van der Waals surface area (Å²) >= 11 is 0. The Bertz CT molecular complexity index is 1070. The Hall–Kier alpha value is -3.07. The summed E-state index contributed by atoms with van der Waals surface area (Å²) in [5.41, 5.74) is 5.43. The third-order valence-corrected chi connectivity index (χ3v) is 5.72. The second kappa shape index (κ2) is 8.58. The number of hydrogen-bond donors (Lipinski definition) is 0. The number of carbonyl (C=O) groups is 1. The predicted octanol–water partition coefficient (Wildman–Crippen LogP) is 2.08. The number of piperazine rings is 1. The molecule has 1 saturated heterocycles. The van der Waals surface area contributed by atoms with E-state index >= 15 is 0 Å². The molecule has 9 nitrogen and oxygen atoms in total. The van der Waals surface area contributed by atoms with Gasteiger partial charge in [0, 0.05) is 61.4 Å². The molecule has 3 aromatic heterocycles. The van der Waals surface area contributed by atoms with Crippen molar-refractivity contribution in [3.8, 4) is 5.95 Å². The summed E-state index contributed by atoms with van der Waals surface area (Å²) in [7, 11) is 0. The number of carbonyl (C=O) groups excluding carboxylic acids is 1. The summed E-state index contributed by atoms with van der Waals surface area (Å²) in [6.07, 6.45) is 0.338. The molecule has 0 saturated carbocycles. The number of hydrogen-bond acceptors (Lipinski definition) is 7. The Morgan fingerprint density at radius 1 is 1.00 bits per heavy atom. The molecule has 1 amide bonds. The van der Waals surface area contributed by atoms with Crippen molar-refractivity contribution in [1.82, 2.24) is 34.7 Å². The molecule has 0 N–H and O–H groups in total. The third-order valence-electron chi connectivity index (χ3n) is 5.72. The van der Waals surface area contributed by atoms with Crippen molar-refractivity contribution < 1.29 is 9.32 Å². The fourth-order valence-electron chi connectivity index (χ4n) is 4.07. The molecule has 1 fully saturated rings. The third kappa shape index (κ3) is 4.66. The smallest absolute Gasteiger partial charge is 0.251 e. The highest BCUT2D eigenvalue weighted by molar-refractivity contribution is 5.79. The van der Waals surface area contributed by atoms with Crippen LogP contribution in [0.2, 0.25) is 0 Å². The molecule has 0 radical (unpaired) electrons. The van der Waals surface area contributed by atoms with Crippen molar-refractivity contribution in [2.45, 2.75) is 47.6 Å². The van der Waals surface area contributed by atoms with Crippen LogP contribution in [0.15, 0.2) is 16.7 Å². The van der Waals surface area contributed by atoms with Crippen molar-refractivity contribution in [2.24, 2.45) is 0 Å². The lowest BCUT2D eigenvalue weighted by atomic mass is 10.1. The molecular formula is C22H29N7O2. The van der Waals surface area contributed by atoms with Gasteiger partial charge in [-0.1, -0.05) is 5.16 Å². The average Bonchev–Trinajstić information content (AvgIpc) is 3.25. The van der Waals surface area contributed by atoms with Crippen molar-refractivity contribution in [1.29, 1.82) is 0 Å². The lowest BCUT2D eigenvalue weighted by molar-refractivity contribution is -0.132. The van der Waals surface area contributed by atoms with Gasteiger partial charge in [-0.05, 0) is 40.7 Å². The molecule has 9 heteroatoms. The Morgan fingerprint density at radius 3 is 2.29 bits per heavy atom. The SMILES string of the molecule is Cc1cc(C)nc(-n2nc(C)c(CC(=O)N3CCN(Cc4cc(C)on4)CC3)c2C)n1. The number of aryl methyl sites for hydroxylation is 4. The summed E-state index contributed by atoms with van der Waals surface area (Å²) in [5.74, 6) is 1.50. The maximum Gasteiger partial charge on any atom is 0.251 e. The second-order valence-corrected chi connectivity index (χ2v) is 8.27. The van der Waals surface area contributed by atoms with E-state index in [9.17, 15) is 4.79 Å². The van der Waals surface area contributed by atoms with Gasteiger partial charge in [-0.15, -0.1) is 0 Å². The quantitative estimate of drug-likeness (QED) is 0.620. The molecule has 4 rings (SSSR count). The van der Waals surface area contributed by atoms with Crippen molar-refractivity contribution in [2.75, 3.05) is 26.2 Å². The van der Waals surface area contributed by atoms with Crippen LogP contribution in [0.25, 0.3) is 5.95 Å². The Morgan fingerprint density at radius 2 is 1.68 bits per heavy atom. The van der Waals surface area contributed by atoms with Crippen molar-refractivity contribution in [3.63, 3.8) is 0 Å². The standard InChI is InChI=1S/C22H29N7O2/c1-14-10-15(2)24-22(23-14)29-18(5)20(17(4)25-29)12-21(30)28-8-6-27(7-9-28)13-19-11-16(3)31-26-19/h10-11H,6-9,12-13H2,1-5H3. The highest BCUT2D eigenvalue weighted by Crippen LogP contribution is 2.19. The van der Waals surface area contributed by atoms with Crippen LogP contribution >= 0.6 is 0 Å². The molecule has 1 aliphatic heterocycles. The molecule has 1 aliphatic rings. The lowest BCUT2D eigenvalue weighted by Crippen LogP contribution is -2.48. The summed E-state index contributed by atoms with van der Waals surface area (Å²) in [5, 5.41) is 8.68. The largest absolute Gasteiger partial charge is 0.361 e. The van der Waals surface area contributed by atoms with E-state index in [2.05, 4.69) is 25.1 Å². The summed E-state index contributed by atoms with van der Waals surface area (Å²) in [6, 6.07) is 3.89. The first-order chi connectivity index (χ1) is 14.8. The molecular weight excluding hydrogens is 394 g/mol. The molecule has 0 unspecified atom stereocenters. The number of nitrogens with zero attached hydrogens (tertiary/aromatic N) is 7. The maximum atomic E-state index is 13.0. The van der Waals surface area contributed by atoms with Gasteiger partial charge >= 0.3 is 0 Å². The van der Waals surface area contributed by atoms with Gasteiger partial charge in [-0.25, -0.2) is 14.6 Å². The van der Waals surface area contributed by atoms with Crippen LogP contribution in [-0.2, 0) is 17.8 Å². The van der Waals surface area contributed by atoms with E-state index in [0.717, 1.165) is 59.4 Å². The number of rotatable bonds is 5. The van der Waals surface area contributed by atoms with Crippen LogP contribution in [0.3, 0.4) is 0 Å². The fourth-order valence-corrected chi connectivity index (χ4v) is 4.07. The summed E-state index contributed by atoms with van der Waals surface area (Å²) in [6.45, 7) is 13.5. The van der Waals surface area contributed by atoms with Crippen LogP contribution in [0.4, 0.5) is 0 Å². The molecule has 0 spiro atoms. The van der Waals surface area contributed by atoms with E-state index in [4.69, 9.17) is 4.52 Å². The highest BCUT2D eigenvalue weighted by Gasteiger charge is 2.24. The first kappa shape index (κ1) is 21.2. The van der Waals surface area contributed by atoms with E-state index < -0.39 is 0 Å². The van der Waals surface area contributed by atoms with Crippen LogP contribution in [0.1, 0.15) is 39.8 Å². The minimum Gasteiger partial charge on any atom is -0.361 e. The van der Waals surface area contributed by atoms with Gasteiger partial charge < -0.3 is 9.42 Å². The van der Waals surface area contributed by atoms with Gasteiger partial charge in [0.25, 0.3) is 5.95 Å². The van der Waals surface area contributed by atoms with E-state index in [1.165, 1.54) is 0 Å². The van der Waals surface area contributed by atoms with Crippen LogP contribution in [0, 0.1) is 34.6 Å². The zero-order valence-electron chi connectivity index (χ0n) is 18.8. The van der Waals surface area contributed by atoms with Gasteiger partial charge in [-0.2, -0.15) is 5.10 Å². The fraction of sp³-hybridized carbons (Fsp3) is 0.500. The molecule has 0 atom stereocenters. The molecule has 164 valence electrons. The van der Waals surface area contributed by atoms with E-state index in [1.54, 1.807) is 4.68 Å². The topological polar surface area (TPSA) is 93.2 Å². The lowest BCUT2D eigenvalue weighted by Gasteiger charge is -2.34. The van der Waals surface area contributed by atoms with E-state index in [0.29, 0.717) is 25.5 Å². The molecule has 31 heavy (non-hydrogen) atoms. The number of aromatic nitrogens is 5. The zero-order chi connectivity index (χ0) is 22.1. The Kier molecular flexibility index (Phi) is 5.86. The zero-order valence-corrected chi connectivity index (χ0v) is 18.8. The Labute approximate surface area is 182 Å². The highest BCUT2D eigenvalue weighted by atomic mass is 16.5. The number of amides is 1. The van der Waals surface area contributed by atoms with Crippen molar-refractivity contribution in [3.05, 3.63) is 51.9 Å². The van der Waals surface area contributed by atoms with Gasteiger partial charge in [0.15, 0.2) is 0 Å². The molecule has 0 bridgehead atoms. The first-order valence-corrected chi connectivity index (χ1v) is 10.6.